The summed E-state index contributed by atoms with van der Waals surface area (Å²) >= 11 is 0. The molecule has 0 aliphatic carbocycles. The second-order valence-electron chi connectivity index (χ2n) is 3.17. The van der Waals surface area contributed by atoms with Gasteiger partial charge in [-0.05, 0) is 6.92 Å². The molecular weight excluding hydrogens is 295 g/mol. The lowest BCUT2D eigenvalue weighted by Gasteiger charge is -2.17. The van der Waals surface area contributed by atoms with E-state index in [1.54, 1.807) is 0 Å². The van der Waals surface area contributed by atoms with Gasteiger partial charge in [-0.3, -0.25) is 13.6 Å². The van der Waals surface area contributed by atoms with Crippen LogP contribution in [-0.2, 0) is 22.7 Å². The second-order valence-corrected chi connectivity index (χ2v) is 5.87. The number of phosphoric ester groups is 2. The standard InChI is InChI=1S/C6H16FNO8P2/c1-2-14-18(12,13)16-5-6(3-8-7)4-15-17(9,10)11/h6,8H,2-5H2,1H3,(H,12,13)(H2,9,10,11). The van der Waals surface area contributed by atoms with Crippen molar-refractivity contribution < 1.29 is 41.9 Å². The van der Waals surface area contributed by atoms with E-state index in [2.05, 4.69) is 13.6 Å². The Balaban J connectivity index is 4.19. The van der Waals surface area contributed by atoms with Gasteiger partial charge in [0.1, 0.15) is 0 Å². The number of hydrogen-bond acceptors (Lipinski definition) is 6. The van der Waals surface area contributed by atoms with E-state index in [4.69, 9.17) is 14.7 Å². The van der Waals surface area contributed by atoms with Gasteiger partial charge in [0.2, 0.25) is 0 Å². The molecule has 0 aromatic heterocycles. The Labute approximate surface area is 103 Å². The molecule has 0 fully saturated rings. The van der Waals surface area contributed by atoms with Gasteiger partial charge in [0.05, 0.1) is 19.8 Å². The van der Waals surface area contributed by atoms with Crippen molar-refractivity contribution in [3.63, 3.8) is 0 Å². The quantitative estimate of drug-likeness (QED) is 0.332. The van der Waals surface area contributed by atoms with E-state index in [-0.39, 0.29) is 13.2 Å². The van der Waals surface area contributed by atoms with Gasteiger partial charge < -0.3 is 14.7 Å². The van der Waals surface area contributed by atoms with Crippen molar-refractivity contribution in [1.29, 1.82) is 0 Å². The SMILES string of the molecule is CCOP(=O)(O)OCC(CNF)COP(=O)(O)O. The lowest BCUT2D eigenvalue weighted by atomic mass is 10.2. The van der Waals surface area contributed by atoms with Crippen molar-refractivity contribution in [2.75, 3.05) is 26.4 Å². The van der Waals surface area contributed by atoms with Crippen LogP contribution in [0.5, 0.6) is 0 Å². The molecule has 4 N–H and O–H groups in total. The molecule has 0 aromatic carbocycles. The maximum atomic E-state index is 11.9. The first kappa shape index (κ1) is 18.1. The van der Waals surface area contributed by atoms with E-state index < -0.39 is 34.8 Å². The van der Waals surface area contributed by atoms with Crippen molar-refractivity contribution in [1.82, 2.24) is 5.54 Å². The zero-order valence-electron chi connectivity index (χ0n) is 9.56. The lowest BCUT2D eigenvalue weighted by molar-refractivity contribution is 0.0960. The topological polar surface area (TPSA) is 135 Å². The number of phosphoric acid groups is 2. The molecule has 0 aliphatic rings. The molecule has 0 radical (unpaired) electrons. The molecule has 0 amide bonds. The van der Waals surface area contributed by atoms with Crippen molar-refractivity contribution in [3.8, 4) is 0 Å². The normalized spacial score (nSPS) is 17.4. The monoisotopic (exact) mass is 311 g/mol. The summed E-state index contributed by atoms with van der Waals surface area (Å²) < 4.78 is 46.5. The van der Waals surface area contributed by atoms with Gasteiger partial charge in [0, 0.05) is 12.5 Å². The minimum Gasteiger partial charge on any atom is -0.303 e. The third kappa shape index (κ3) is 10.1. The van der Waals surface area contributed by atoms with Gasteiger partial charge >= 0.3 is 15.6 Å². The zero-order valence-corrected chi connectivity index (χ0v) is 11.3. The number of nitrogens with one attached hydrogen (secondary N) is 1. The summed E-state index contributed by atoms with van der Waals surface area (Å²) in [6, 6.07) is 0. The van der Waals surface area contributed by atoms with Crippen molar-refractivity contribution in [2.24, 2.45) is 5.92 Å². The Morgan fingerprint density at radius 1 is 1.17 bits per heavy atom. The number of rotatable bonds is 10. The smallest absolute Gasteiger partial charge is 0.303 e. The number of hydrogen-bond donors (Lipinski definition) is 4. The van der Waals surface area contributed by atoms with Gasteiger partial charge in [-0.25, -0.2) is 9.13 Å². The molecule has 0 saturated heterocycles. The van der Waals surface area contributed by atoms with E-state index >= 15 is 0 Å². The van der Waals surface area contributed by atoms with Crippen molar-refractivity contribution in [2.45, 2.75) is 6.92 Å². The summed E-state index contributed by atoms with van der Waals surface area (Å²) in [6.45, 7) is 0.0344. The highest BCUT2D eigenvalue weighted by Crippen LogP contribution is 2.43. The van der Waals surface area contributed by atoms with Crippen molar-refractivity contribution >= 4 is 15.6 Å². The molecule has 0 spiro atoms. The third-order valence-electron chi connectivity index (χ3n) is 1.61. The third-order valence-corrected chi connectivity index (χ3v) is 3.16. The maximum Gasteiger partial charge on any atom is 0.472 e. The average molecular weight is 311 g/mol. The summed E-state index contributed by atoms with van der Waals surface area (Å²) in [5.41, 5.74) is 1.25. The van der Waals surface area contributed by atoms with Gasteiger partial charge in [-0.2, -0.15) is 5.54 Å². The van der Waals surface area contributed by atoms with Gasteiger partial charge in [-0.1, -0.05) is 0 Å². The summed E-state index contributed by atoms with van der Waals surface area (Å²) in [4.78, 5) is 26.0. The molecule has 18 heavy (non-hydrogen) atoms. The fourth-order valence-corrected chi connectivity index (χ4v) is 2.08. The minimum atomic E-state index is -4.69. The van der Waals surface area contributed by atoms with E-state index in [1.165, 1.54) is 12.5 Å². The molecule has 0 aromatic rings. The second kappa shape index (κ2) is 8.31. The molecule has 12 heteroatoms. The van der Waals surface area contributed by atoms with Gasteiger partial charge in [0.15, 0.2) is 0 Å². The van der Waals surface area contributed by atoms with Crippen LogP contribution in [-0.4, -0.2) is 41.0 Å². The molecule has 0 heterocycles. The summed E-state index contributed by atoms with van der Waals surface area (Å²) in [5.74, 6) is -0.872. The fraction of sp³-hybridized carbons (Fsp3) is 1.00. The van der Waals surface area contributed by atoms with Crippen LogP contribution in [0.25, 0.3) is 0 Å². The van der Waals surface area contributed by atoms with Gasteiger partial charge in [-0.15, -0.1) is 4.48 Å². The fourth-order valence-electron chi connectivity index (χ4n) is 0.878. The Hall–Kier alpha value is 0.110. The van der Waals surface area contributed by atoms with Crippen LogP contribution in [0.2, 0.25) is 0 Å². The Morgan fingerprint density at radius 2 is 1.72 bits per heavy atom. The molecule has 0 bridgehead atoms. The molecule has 110 valence electrons. The van der Waals surface area contributed by atoms with Crippen LogP contribution in [0, 0.1) is 5.92 Å². The van der Waals surface area contributed by atoms with Crippen LogP contribution in [0.15, 0.2) is 0 Å². The molecule has 0 aliphatic heterocycles. The molecular formula is C6H16FNO8P2. The highest BCUT2D eigenvalue weighted by molar-refractivity contribution is 7.47. The molecule has 2 atom stereocenters. The highest BCUT2D eigenvalue weighted by Gasteiger charge is 2.24. The largest absolute Gasteiger partial charge is 0.472 e. The highest BCUT2D eigenvalue weighted by atomic mass is 31.2. The predicted molar refractivity (Wildman–Crippen MR) is 58.0 cm³/mol. The summed E-state index contributed by atoms with van der Waals surface area (Å²) in [6.07, 6.45) is 0. The van der Waals surface area contributed by atoms with Crippen LogP contribution < -0.4 is 5.54 Å². The first-order valence-electron chi connectivity index (χ1n) is 4.85. The van der Waals surface area contributed by atoms with E-state index in [9.17, 15) is 13.6 Å². The predicted octanol–water partition coefficient (Wildman–Crippen LogP) is 0.339. The van der Waals surface area contributed by atoms with E-state index in [1.807, 2.05) is 0 Å². The van der Waals surface area contributed by atoms with E-state index in [0.29, 0.717) is 0 Å². The molecule has 0 saturated carbocycles. The first-order chi connectivity index (χ1) is 8.20. The van der Waals surface area contributed by atoms with E-state index in [0.717, 1.165) is 0 Å². The minimum absolute atomic E-state index is 0.0568. The molecule has 0 rings (SSSR count). The van der Waals surface area contributed by atoms with Crippen LogP contribution in [0.3, 0.4) is 0 Å². The average Bonchev–Trinajstić information content (AvgIpc) is 2.21. The zero-order chi connectivity index (χ0) is 14.2. The first-order valence-corrected chi connectivity index (χ1v) is 7.88. The summed E-state index contributed by atoms with van der Waals surface area (Å²) in [5, 5.41) is 0. The summed E-state index contributed by atoms with van der Waals surface area (Å²) in [7, 11) is -8.92. The molecule has 9 nitrogen and oxygen atoms in total. The van der Waals surface area contributed by atoms with Crippen LogP contribution >= 0.6 is 15.6 Å². The Bertz CT molecular complexity index is 323. The lowest BCUT2D eigenvalue weighted by Crippen LogP contribution is -2.25. The number of halogens is 1. The van der Waals surface area contributed by atoms with Crippen LogP contribution in [0.1, 0.15) is 6.92 Å². The van der Waals surface area contributed by atoms with Crippen LogP contribution in [0.4, 0.5) is 4.48 Å². The maximum absolute atomic E-state index is 11.9. The molecule has 2 unspecified atom stereocenters. The van der Waals surface area contributed by atoms with Gasteiger partial charge in [0.25, 0.3) is 0 Å². The Morgan fingerprint density at radius 3 is 2.17 bits per heavy atom. The van der Waals surface area contributed by atoms with Crippen molar-refractivity contribution in [3.05, 3.63) is 0 Å². The Kier molecular flexibility index (Phi) is 8.37.